The molecule has 0 aliphatic carbocycles. The topological polar surface area (TPSA) is 32.3 Å². The van der Waals surface area contributed by atoms with Gasteiger partial charge in [0.1, 0.15) is 0 Å². The first-order valence-corrected chi connectivity index (χ1v) is 5.67. The summed E-state index contributed by atoms with van der Waals surface area (Å²) in [7, 11) is 0. The van der Waals surface area contributed by atoms with Crippen LogP contribution in [0.2, 0.25) is 0 Å². The number of nitrogens with zero attached hydrogens (tertiary/aromatic N) is 1. The molecule has 3 nitrogen and oxygen atoms in total. The van der Waals surface area contributed by atoms with Gasteiger partial charge in [-0.05, 0) is 25.9 Å². The Morgan fingerprint density at radius 1 is 1.33 bits per heavy atom. The summed E-state index contributed by atoms with van der Waals surface area (Å²) in [5.74, 6) is -7.61. The van der Waals surface area contributed by atoms with Crippen molar-refractivity contribution in [3.05, 3.63) is 0 Å². The molecule has 1 amide bonds. The molecular weight excluding hydrogens is 259 g/mol. The lowest BCUT2D eigenvalue weighted by Crippen LogP contribution is -2.52. The van der Waals surface area contributed by atoms with E-state index in [-0.39, 0.29) is 12.6 Å². The molecule has 18 heavy (non-hydrogen) atoms. The van der Waals surface area contributed by atoms with Crippen LogP contribution in [0.25, 0.3) is 0 Å². The van der Waals surface area contributed by atoms with Gasteiger partial charge in [-0.15, -0.1) is 0 Å². The van der Waals surface area contributed by atoms with Gasteiger partial charge in [0, 0.05) is 12.6 Å². The van der Waals surface area contributed by atoms with Crippen molar-refractivity contribution in [3.63, 3.8) is 0 Å². The first-order valence-electron chi connectivity index (χ1n) is 5.67. The third kappa shape index (κ3) is 3.09. The van der Waals surface area contributed by atoms with E-state index in [1.54, 1.807) is 5.32 Å². The van der Waals surface area contributed by atoms with E-state index in [9.17, 15) is 26.7 Å². The molecule has 1 unspecified atom stereocenters. The van der Waals surface area contributed by atoms with Gasteiger partial charge in [0.2, 0.25) is 0 Å². The lowest BCUT2D eigenvalue weighted by Gasteiger charge is -2.24. The number of amides is 1. The Hall–Kier alpha value is -0.920. The van der Waals surface area contributed by atoms with Crippen LogP contribution in [0.15, 0.2) is 0 Å². The minimum Gasteiger partial charge on any atom is -0.349 e. The van der Waals surface area contributed by atoms with E-state index in [0.29, 0.717) is 13.0 Å². The molecule has 8 heteroatoms. The van der Waals surface area contributed by atoms with Crippen LogP contribution in [0.3, 0.4) is 0 Å². The van der Waals surface area contributed by atoms with Crippen LogP contribution in [0.5, 0.6) is 0 Å². The molecule has 106 valence electrons. The number of halogens is 5. The van der Waals surface area contributed by atoms with Crippen LogP contribution in [0.1, 0.15) is 19.8 Å². The minimum atomic E-state index is -5.85. The lowest BCUT2D eigenvalue weighted by atomic mass is 10.2. The monoisotopic (exact) mass is 274 g/mol. The van der Waals surface area contributed by atoms with Crippen LogP contribution in [0, 0.1) is 0 Å². The summed E-state index contributed by atoms with van der Waals surface area (Å²) in [5.41, 5.74) is 0. The average molecular weight is 274 g/mol. The third-order valence-corrected chi connectivity index (χ3v) is 3.04. The van der Waals surface area contributed by atoms with Gasteiger partial charge in [-0.25, -0.2) is 0 Å². The van der Waals surface area contributed by atoms with Gasteiger partial charge in [0.25, 0.3) is 5.91 Å². The molecule has 0 saturated carbocycles. The highest BCUT2D eigenvalue weighted by molar-refractivity contribution is 5.84. The summed E-state index contributed by atoms with van der Waals surface area (Å²) in [5, 5.41) is 1.69. The fraction of sp³-hybridized carbons (Fsp3) is 0.900. The first-order chi connectivity index (χ1) is 8.20. The quantitative estimate of drug-likeness (QED) is 0.793. The van der Waals surface area contributed by atoms with Gasteiger partial charge in [0.05, 0.1) is 0 Å². The van der Waals surface area contributed by atoms with E-state index in [0.717, 1.165) is 13.0 Å². The number of likely N-dealkylation sites (tertiary alicyclic amines) is 1. The molecule has 1 aliphatic rings. The predicted octanol–water partition coefficient (Wildman–Crippen LogP) is 1.78. The van der Waals surface area contributed by atoms with E-state index < -0.39 is 18.0 Å². The second kappa shape index (κ2) is 5.38. The Labute approximate surface area is 101 Å². The number of hydrogen-bond acceptors (Lipinski definition) is 2. The van der Waals surface area contributed by atoms with E-state index in [1.165, 1.54) is 0 Å². The van der Waals surface area contributed by atoms with Gasteiger partial charge < -0.3 is 5.32 Å². The molecule has 1 heterocycles. The molecule has 1 rings (SSSR count). The van der Waals surface area contributed by atoms with Crippen LogP contribution in [-0.2, 0) is 4.79 Å². The van der Waals surface area contributed by atoms with Crippen molar-refractivity contribution in [1.29, 1.82) is 0 Å². The molecule has 1 fully saturated rings. The summed E-state index contributed by atoms with van der Waals surface area (Å²) < 4.78 is 61.0. The van der Waals surface area contributed by atoms with Crippen LogP contribution < -0.4 is 5.32 Å². The Morgan fingerprint density at radius 2 is 1.94 bits per heavy atom. The molecule has 0 aromatic rings. The van der Waals surface area contributed by atoms with Crippen molar-refractivity contribution in [2.45, 2.75) is 37.9 Å². The van der Waals surface area contributed by atoms with Crippen molar-refractivity contribution < 1.29 is 26.7 Å². The zero-order valence-corrected chi connectivity index (χ0v) is 9.86. The number of carbonyl (C=O) groups excluding carboxylic acids is 1. The normalized spacial score (nSPS) is 22.2. The summed E-state index contributed by atoms with van der Waals surface area (Å²) in [6, 6.07) is -0.164. The van der Waals surface area contributed by atoms with Crippen molar-refractivity contribution in [3.8, 4) is 0 Å². The van der Waals surface area contributed by atoms with Gasteiger partial charge in [-0.1, -0.05) is 6.92 Å². The summed E-state index contributed by atoms with van der Waals surface area (Å²) in [6.07, 6.45) is -4.31. The van der Waals surface area contributed by atoms with E-state index in [4.69, 9.17) is 0 Å². The average Bonchev–Trinajstić information content (AvgIpc) is 2.71. The highest BCUT2D eigenvalue weighted by Crippen LogP contribution is 2.35. The van der Waals surface area contributed by atoms with Gasteiger partial charge in [0.15, 0.2) is 0 Å². The van der Waals surface area contributed by atoms with Gasteiger partial charge in [-0.2, -0.15) is 22.0 Å². The van der Waals surface area contributed by atoms with Gasteiger partial charge in [-0.3, -0.25) is 9.69 Å². The number of alkyl halides is 5. The third-order valence-electron chi connectivity index (χ3n) is 3.04. The molecule has 0 bridgehead atoms. The maximum absolute atomic E-state index is 12.6. The molecular formula is C10H15F5N2O. The highest BCUT2D eigenvalue weighted by Gasteiger charge is 2.63. The highest BCUT2D eigenvalue weighted by atomic mass is 19.4. The lowest BCUT2D eigenvalue weighted by molar-refractivity contribution is -0.269. The largest absolute Gasteiger partial charge is 0.463 e. The smallest absolute Gasteiger partial charge is 0.349 e. The summed E-state index contributed by atoms with van der Waals surface area (Å²) >= 11 is 0. The molecule has 0 aromatic heterocycles. The van der Waals surface area contributed by atoms with E-state index in [1.807, 2.05) is 11.8 Å². The second-order valence-corrected chi connectivity index (χ2v) is 4.21. The Balaban J connectivity index is 2.51. The Bertz CT molecular complexity index is 305. The molecule has 1 saturated heterocycles. The molecule has 1 aliphatic heterocycles. The molecule has 0 spiro atoms. The summed E-state index contributed by atoms with van der Waals surface area (Å²) in [6.45, 7) is 3.13. The SMILES string of the molecule is CCN1CCCC1CNC(=O)C(F)(F)C(F)(F)F. The van der Waals surface area contributed by atoms with E-state index >= 15 is 0 Å². The molecule has 1 N–H and O–H groups in total. The fourth-order valence-corrected chi connectivity index (χ4v) is 1.99. The summed E-state index contributed by atoms with van der Waals surface area (Å²) in [4.78, 5) is 12.8. The molecule has 1 atom stereocenters. The zero-order chi connectivity index (χ0) is 14.0. The van der Waals surface area contributed by atoms with Crippen LogP contribution >= 0.6 is 0 Å². The first kappa shape index (κ1) is 15.1. The standard InChI is InChI=1S/C10H15F5N2O/c1-2-17-5-3-4-7(17)6-16-8(18)9(11,12)10(13,14)15/h7H,2-6H2,1H3,(H,16,18). The Kier molecular flexibility index (Phi) is 4.52. The van der Waals surface area contributed by atoms with E-state index in [2.05, 4.69) is 0 Å². The number of rotatable bonds is 4. The number of nitrogens with one attached hydrogen (secondary N) is 1. The maximum atomic E-state index is 12.6. The minimum absolute atomic E-state index is 0.164. The second-order valence-electron chi connectivity index (χ2n) is 4.21. The maximum Gasteiger partial charge on any atom is 0.463 e. The number of carbonyl (C=O) groups is 1. The Morgan fingerprint density at radius 3 is 2.44 bits per heavy atom. The van der Waals surface area contributed by atoms with Crippen LogP contribution in [-0.4, -0.2) is 48.6 Å². The van der Waals surface area contributed by atoms with Crippen molar-refractivity contribution in [2.75, 3.05) is 19.6 Å². The van der Waals surface area contributed by atoms with Crippen molar-refractivity contribution in [1.82, 2.24) is 10.2 Å². The van der Waals surface area contributed by atoms with Crippen molar-refractivity contribution in [2.24, 2.45) is 0 Å². The fourth-order valence-electron chi connectivity index (χ4n) is 1.99. The van der Waals surface area contributed by atoms with Crippen LogP contribution in [0.4, 0.5) is 22.0 Å². The number of hydrogen-bond donors (Lipinski definition) is 1. The van der Waals surface area contributed by atoms with Crippen molar-refractivity contribution >= 4 is 5.91 Å². The predicted molar refractivity (Wildman–Crippen MR) is 54.3 cm³/mol. The zero-order valence-electron chi connectivity index (χ0n) is 9.86. The van der Waals surface area contributed by atoms with Gasteiger partial charge >= 0.3 is 12.1 Å². The molecule has 0 aromatic carbocycles. The number of likely N-dealkylation sites (N-methyl/N-ethyl adjacent to an activating group) is 1. The molecule has 0 radical (unpaired) electrons.